The lowest BCUT2D eigenvalue weighted by atomic mass is 10.0. The van der Waals surface area contributed by atoms with E-state index < -0.39 is 44.4 Å². The first-order chi connectivity index (χ1) is 13.2. The molecule has 0 saturated heterocycles. The SMILES string of the molecule is CCC(=N)C(C)(C)S(=O)(=O)C[C@H](C)c1cc(NC(=O)C(F)F)ccc1F.COC. The lowest BCUT2D eigenvalue weighted by molar-refractivity contribution is -0.126. The number of hydrogen-bond acceptors (Lipinski definition) is 5. The molecule has 0 bridgehead atoms. The van der Waals surface area contributed by atoms with E-state index in [2.05, 4.69) is 4.74 Å². The van der Waals surface area contributed by atoms with E-state index in [0.717, 1.165) is 18.2 Å². The monoisotopic (exact) mass is 438 g/mol. The smallest absolute Gasteiger partial charge is 0.315 e. The Morgan fingerprint density at radius 1 is 1.28 bits per heavy atom. The number of nitrogens with one attached hydrogen (secondary N) is 2. The van der Waals surface area contributed by atoms with Crippen molar-refractivity contribution in [3.8, 4) is 0 Å². The summed E-state index contributed by atoms with van der Waals surface area (Å²) >= 11 is 0. The van der Waals surface area contributed by atoms with Crippen molar-refractivity contribution >= 4 is 27.1 Å². The molecule has 0 aliphatic heterocycles. The maximum Gasteiger partial charge on any atom is 0.315 e. The van der Waals surface area contributed by atoms with Crippen LogP contribution in [0.15, 0.2) is 18.2 Å². The molecule has 0 aromatic heterocycles. The molecule has 0 heterocycles. The molecule has 0 spiro atoms. The summed E-state index contributed by atoms with van der Waals surface area (Å²) in [5, 5.41) is 9.81. The maximum absolute atomic E-state index is 14.1. The Bertz CT molecular complexity index is 812. The molecular weight excluding hydrogens is 409 g/mol. The van der Waals surface area contributed by atoms with Crippen LogP contribution < -0.4 is 5.32 Å². The molecule has 1 amide bonds. The molecule has 0 aliphatic rings. The second kappa shape index (κ2) is 11.3. The van der Waals surface area contributed by atoms with Crippen molar-refractivity contribution in [2.45, 2.75) is 51.2 Å². The number of sulfone groups is 1. The summed E-state index contributed by atoms with van der Waals surface area (Å²) in [6.45, 7) is 6.02. The van der Waals surface area contributed by atoms with Gasteiger partial charge in [-0.1, -0.05) is 13.8 Å². The van der Waals surface area contributed by atoms with Crippen LogP contribution in [0.4, 0.5) is 18.9 Å². The molecule has 0 radical (unpaired) electrons. The van der Waals surface area contributed by atoms with Gasteiger partial charge in [0.15, 0.2) is 9.84 Å². The zero-order valence-electron chi connectivity index (χ0n) is 17.5. The number of benzene rings is 1. The Morgan fingerprint density at radius 2 is 1.79 bits per heavy atom. The molecule has 1 rings (SSSR count). The van der Waals surface area contributed by atoms with E-state index >= 15 is 0 Å². The van der Waals surface area contributed by atoms with Gasteiger partial charge in [0.25, 0.3) is 5.91 Å². The van der Waals surface area contributed by atoms with Crippen LogP contribution in [0.1, 0.15) is 45.6 Å². The van der Waals surface area contributed by atoms with Gasteiger partial charge in [-0.25, -0.2) is 12.8 Å². The van der Waals surface area contributed by atoms with Crippen LogP contribution >= 0.6 is 0 Å². The van der Waals surface area contributed by atoms with Crippen molar-refractivity contribution < 1.29 is 31.1 Å². The normalized spacial score (nSPS) is 12.8. The Hall–Kier alpha value is -1.94. The number of anilines is 1. The van der Waals surface area contributed by atoms with E-state index in [-0.39, 0.29) is 23.4 Å². The Balaban J connectivity index is 0.00000245. The number of carbonyl (C=O) groups excluding carboxylic acids is 1. The predicted molar refractivity (Wildman–Crippen MR) is 108 cm³/mol. The number of hydrogen-bond donors (Lipinski definition) is 2. The summed E-state index contributed by atoms with van der Waals surface area (Å²) < 4.78 is 67.0. The number of amides is 1. The summed E-state index contributed by atoms with van der Waals surface area (Å²) in [4.78, 5) is 11.1. The fourth-order valence-corrected chi connectivity index (χ4v) is 4.21. The Morgan fingerprint density at radius 3 is 2.24 bits per heavy atom. The zero-order valence-corrected chi connectivity index (χ0v) is 18.3. The minimum absolute atomic E-state index is 0.0144. The van der Waals surface area contributed by atoms with Gasteiger partial charge in [0.2, 0.25) is 0 Å². The first kappa shape index (κ1) is 27.1. The molecule has 0 saturated carbocycles. The summed E-state index contributed by atoms with van der Waals surface area (Å²) in [6.07, 6.45) is -2.95. The van der Waals surface area contributed by atoms with Crippen molar-refractivity contribution in [2.75, 3.05) is 25.3 Å². The summed E-state index contributed by atoms with van der Waals surface area (Å²) in [6, 6.07) is 3.25. The van der Waals surface area contributed by atoms with E-state index in [9.17, 15) is 26.4 Å². The highest BCUT2D eigenvalue weighted by molar-refractivity contribution is 7.93. The van der Waals surface area contributed by atoms with Crippen molar-refractivity contribution in [1.82, 2.24) is 0 Å². The molecule has 0 fully saturated rings. The average molecular weight is 439 g/mol. The number of carbonyl (C=O) groups is 1. The van der Waals surface area contributed by atoms with Crippen LogP contribution in [0.25, 0.3) is 0 Å². The first-order valence-corrected chi connectivity index (χ1v) is 10.5. The standard InChI is InChI=1S/C17H23F3N2O3S.C2H6O/c1-5-14(21)17(3,4)26(24,25)9-10(2)12-8-11(6-7-13(12)18)22-16(23)15(19)20;1-3-2/h6-8,10,15,21H,5,9H2,1-4H3,(H,22,23);1-2H3/t10-;/m0./s1. The van der Waals surface area contributed by atoms with Crippen LogP contribution in [-0.2, 0) is 19.4 Å². The van der Waals surface area contributed by atoms with Crippen molar-refractivity contribution in [1.29, 1.82) is 5.41 Å². The second-order valence-electron chi connectivity index (χ2n) is 6.96. The molecule has 2 N–H and O–H groups in total. The predicted octanol–water partition coefficient (Wildman–Crippen LogP) is 4.02. The van der Waals surface area contributed by atoms with E-state index in [1.807, 2.05) is 5.32 Å². The van der Waals surface area contributed by atoms with Crippen LogP contribution in [0.2, 0.25) is 0 Å². The van der Waals surface area contributed by atoms with Gasteiger partial charge >= 0.3 is 6.43 Å². The maximum atomic E-state index is 14.1. The fourth-order valence-electron chi connectivity index (χ4n) is 2.44. The first-order valence-electron chi connectivity index (χ1n) is 8.83. The molecule has 10 heteroatoms. The minimum atomic E-state index is -3.78. The number of rotatable bonds is 8. The van der Waals surface area contributed by atoms with Gasteiger partial charge in [-0.3, -0.25) is 4.79 Å². The highest BCUT2D eigenvalue weighted by Gasteiger charge is 2.38. The number of methoxy groups -OCH3 is 1. The fraction of sp³-hybridized carbons (Fsp3) is 0.579. The molecule has 1 aromatic carbocycles. The lowest BCUT2D eigenvalue weighted by Crippen LogP contribution is -2.42. The van der Waals surface area contributed by atoms with Gasteiger partial charge in [-0.05, 0) is 49.9 Å². The molecule has 0 aliphatic carbocycles. The Kier molecular flexibility index (Phi) is 10.5. The highest BCUT2D eigenvalue weighted by atomic mass is 32.2. The van der Waals surface area contributed by atoms with Gasteiger partial charge < -0.3 is 15.5 Å². The quantitative estimate of drug-likeness (QED) is 0.599. The molecule has 166 valence electrons. The number of alkyl halides is 2. The van der Waals surface area contributed by atoms with Gasteiger partial charge in [-0.15, -0.1) is 0 Å². The van der Waals surface area contributed by atoms with E-state index in [1.54, 1.807) is 21.1 Å². The molecular formula is C19H29F3N2O4S. The van der Waals surface area contributed by atoms with Gasteiger partial charge in [0.1, 0.15) is 10.6 Å². The highest BCUT2D eigenvalue weighted by Crippen LogP contribution is 2.29. The second-order valence-corrected chi connectivity index (χ2v) is 9.54. The molecule has 0 unspecified atom stereocenters. The van der Waals surface area contributed by atoms with E-state index in [0.29, 0.717) is 0 Å². The average Bonchev–Trinajstić information content (AvgIpc) is 2.62. The molecule has 29 heavy (non-hydrogen) atoms. The van der Waals surface area contributed by atoms with Crippen LogP contribution in [0, 0.1) is 11.2 Å². The van der Waals surface area contributed by atoms with Crippen LogP contribution in [-0.4, -0.2) is 51.2 Å². The van der Waals surface area contributed by atoms with Gasteiger partial charge in [0.05, 0.1) is 5.75 Å². The topological polar surface area (TPSA) is 96.3 Å². The molecule has 1 atom stereocenters. The van der Waals surface area contributed by atoms with Gasteiger partial charge in [-0.2, -0.15) is 8.78 Å². The minimum Gasteiger partial charge on any atom is -0.388 e. The van der Waals surface area contributed by atoms with Crippen LogP contribution in [0.5, 0.6) is 0 Å². The van der Waals surface area contributed by atoms with E-state index in [1.165, 1.54) is 20.8 Å². The lowest BCUT2D eigenvalue weighted by Gasteiger charge is -2.27. The summed E-state index contributed by atoms with van der Waals surface area (Å²) in [5.41, 5.74) is -0.0147. The van der Waals surface area contributed by atoms with Gasteiger partial charge in [0, 0.05) is 25.6 Å². The van der Waals surface area contributed by atoms with Crippen molar-refractivity contribution in [2.24, 2.45) is 0 Å². The van der Waals surface area contributed by atoms with Crippen LogP contribution in [0.3, 0.4) is 0 Å². The number of halogens is 3. The largest absolute Gasteiger partial charge is 0.388 e. The molecule has 6 nitrogen and oxygen atoms in total. The number of ether oxygens (including phenoxy) is 1. The summed E-state index contributed by atoms with van der Waals surface area (Å²) in [7, 11) is -0.533. The van der Waals surface area contributed by atoms with Crippen molar-refractivity contribution in [3.63, 3.8) is 0 Å². The third-order valence-electron chi connectivity index (χ3n) is 4.32. The molecule has 1 aromatic rings. The third-order valence-corrected chi connectivity index (χ3v) is 7.06. The summed E-state index contributed by atoms with van der Waals surface area (Å²) in [5.74, 6) is -3.45. The van der Waals surface area contributed by atoms with E-state index in [4.69, 9.17) is 5.41 Å². The van der Waals surface area contributed by atoms with Crippen molar-refractivity contribution in [3.05, 3.63) is 29.6 Å². The Labute approximate surface area is 170 Å². The third kappa shape index (κ3) is 7.43. The zero-order chi connectivity index (χ0) is 23.0.